The summed E-state index contributed by atoms with van der Waals surface area (Å²) in [6.07, 6.45) is 0.852. The van der Waals surface area contributed by atoms with E-state index in [0.29, 0.717) is 5.56 Å². The summed E-state index contributed by atoms with van der Waals surface area (Å²) in [5.74, 6) is 5.02. The van der Waals surface area contributed by atoms with Gasteiger partial charge >= 0.3 is 0 Å². The van der Waals surface area contributed by atoms with Crippen molar-refractivity contribution in [1.29, 1.82) is 0 Å². The van der Waals surface area contributed by atoms with Crippen LogP contribution >= 0.6 is 0 Å². The van der Waals surface area contributed by atoms with Crippen LogP contribution in [0.5, 0.6) is 0 Å². The van der Waals surface area contributed by atoms with Crippen molar-refractivity contribution in [2.24, 2.45) is 5.73 Å². The van der Waals surface area contributed by atoms with Crippen LogP contribution in [0.1, 0.15) is 70.0 Å². The van der Waals surface area contributed by atoms with Crippen LogP contribution in [-0.2, 0) is 6.42 Å². The molecule has 0 fully saturated rings. The van der Waals surface area contributed by atoms with Gasteiger partial charge in [-0.1, -0.05) is 46.8 Å². The van der Waals surface area contributed by atoms with Crippen LogP contribution in [-0.4, -0.2) is 5.91 Å². The van der Waals surface area contributed by atoms with E-state index in [-0.39, 0.29) is 5.91 Å². The van der Waals surface area contributed by atoms with Crippen LogP contribution in [0.3, 0.4) is 0 Å². The van der Waals surface area contributed by atoms with E-state index in [1.54, 1.807) is 6.07 Å². The number of aryl methyl sites for hydroxylation is 1. The highest BCUT2D eigenvalue weighted by Crippen LogP contribution is 2.13. The lowest BCUT2D eigenvalue weighted by Gasteiger charge is -2.06. The van der Waals surface area contributed by atoms with Crippen molar-refractivity contribution in [3.8, 4) is 11.8 Å². The number of carbonyl (C=O) groups is 1. The van der Waals surface area contributed by atoms with Gasteiger partial charge in [0.1, 0.15) is 0 Å². The molecular weight excluding hydrogens is 246 g/mol. The molecule has 0 unspecified atom stereocenters. The molecule has 0 atom stereocenters. The van der Waals surface area contributed by atoms with E-state index in [0.717, 1.165) is 17.5 Å². The van der Waals surface area contributed by atoms with Crippen LogP contribution in [0.25, 0.3) is 0 Å². The lowest BCUT2D eigenvalue weighted by molar-refractivity contribution is 0.0999. The Hall–Kier alpha value is -1.75. The highest BCUT2D eigenvalue weighted by atomic mass is 16.1. The molecule has 1 aromatic carbocycles. The molecule has 2 N–H and O–H groups in total. The molecular formula is C18H31NO. The van der Waals surface area contributed by atoms with E-state index >= 15 is 0 Å². The van der Waals surface area contributed by atoms with Crippen molar-refractivity contribution in [2.45, 2.75) is 61.8 Å². The fourth-order valence-corrected chi connectivity index (χ4v) is 1.40. The number of hydrogen-bond donors (Lipinski definition) is 1. The van der Waals surface area contributed by atoms with Crippen LogP contribution in [0.15, 0.2) is 18.2 Å². The highest BCUT2D eigenvalue weighted by molar-refractivity contribution is 5.94. The summed E-state index contributed by atoms with van der Waals surface area (Å²) < 4.78 is 0. The van der Waals surface area contributed by atoms with Crippen molar-refractivity contribution < 1.29 is 4.79 Å². The Bertz CT molecular complexity index is 405. The molecule has 0 saturated carbocycles. The summed E-state index contributed by atoms with van der Waals surface area (Å²) >= 11 is 0. The molecule has 0 bridgehead atoms. The summed E-state index contributed by atoms with van der Waals surface area (Å²) in [5, 5.41) is 0. The van der Waals surface area contributed by atoms with Crippen molar-refractivity contribution in [3.63, 3.8) is 0 Å². The quantitative estimate of drug-likeness (QED) is 0.780. The van der Waals surface area contributed by atoms with Gasteiger partial charge in [-0.15, -0.1) is 11.8 Å². The second-order valence-electron chi connectivity index (χ2n) is 3.32. The van der Waals surface area contributed by atoms with Gasteiger partial charge < -0.3 is 5.73 Å². The molecule has 0 spiro atoms. The van der Waals surface area contributed by atoms with Crippen LogP contribution in [0.4, 0.5) is 0 Å². The molecule has 1 aromatic rings. The molecule has 2 nitrogen and oxygen atoms in total. The Morgan fingerprint density at radius 3 is 1.80 bits per heavy atom. The van der Waals surface area contributed by atoms with Gasteiger partial charge in [-0.05, 0) is 44.4 Å². The minimum absolute atomic E-state index is 0.337. The van der Waals surface area contributed by atoms with Crippen molar-refractivity contribution >= 4 is 5.91 Å². The van der Waals surface area contributed by atoms with Gasteiger partial charge in [0.25, 0.3) is 0 Å². The zero-order valence-electron chi connectivity index (χ0n) is 14.4. The number of rotatable bonds is 2. The Balaban J connectivity index is -0.000000306. The van der Waals surface area contributed by atoms with Crippen molar-refractivity contribution in [1.82, 2.24) is 0 Å². The van der Waals surface area contributed by atoms with Gasteiger partial charge in [-0.2, -0.15) is 0 Å². The van der Waals surface area contributed by atoms with E-state index in [4.69, 9.17) is 5.73 Å². The van der Waals surface area contributed by atoms with Crippen molar-refractivity contribution in [2.75, 3.05) is 0 Å². The minimum Gasteiger partial charge on any atom is -0.366 e. The summed E-state index contributed by atoms with van der Waals surface area (Å²) in [6, 6.07) is 5.62. The van der Waals surface area contributed by atoms with Crippen LogP contribution in [0, 0.1) is 18.8 Å². The Morgan fingerprint density at radius 1 is 1.10 bits per heavy atom. The number of primary amides is 1. The second-order valence-corrected chi connectivity index (χ2v) is 3.32. The first kappa shape index (κ1) is 23.4. The molecule has 1 rings (SSSR count). The van der Waals surface area contributed by atoms with Gasteiger partial charge in [-0.3, -0.25) is 4.79 Å². The monoisotopic (exact) mass is 277 g/mol. The first-order valence-corrected chi connectivity index (χ1v) is 7.30. The molecule has 114 valence electrons. The van der Waals surface area contributed by atoms with E-state index in [1.807, 2.05) is 67.5 Å². The van der Waals surface area contributed by atoms with Crippen molar-refractivity contribution in [3.05, 3.63) is 34.9 Å². The van der Waals surface area contributed by atoms with E-state index in [1.165, 1.54) is 0 Å². The Kier molecular flexibility index (Phi) is 20.1. The summed E-state index contributed by atoms with van der Waals surface area (Å²) in [6.45, 7) is 15.7. The topological polar surface area (TPSA) is 43.1 Å². The molecule has 20 heavy (non-hydrogen) atoms. The van der Waals surface area contributed by atoms with E-state index in [2.05, 4.69) is 11.8 Å². The first-order valence-electron chi connectivity index (χ1n) is 7.30. The highest BCUT2D eigenvalue weighted by Gasteiger charge is 2.07. The third kappa shape index (κ3) is 10.2. The maximum absolute atomic E-state index is 11.0. The molecule has 0 radical (unpaired) electrons. The predicted molar refractivity (Wildman–Crippen MR) is 90.9 cm³/mol. The third-order valence-electron chi connectivity index (χ3n) is 2.28. The number of nitrogens with two attached hydrogens (primary N) is 1. The van der Waals surface area contributed by atoms with Gasteiger partial charge in [-0.25, -0.2) is 0 Å². The molecule has 0 aliphatic carbocycles. The van der Waals surface area contributed by atoms with Gasteiger partial charge in [0.2, 0.25) is 5.91 Å². The minimum atomic E-state index is -0.337. The molecule has 0 saturated heterocycles. The molecule has 1 amide bonds. The average molecular weight is 277 g/mol. The Labute approximate surface area is 125 Å². The molecule has 0 heterocycles. The molecule has 0 aliphatic heterocycles. The second kappa shape index (κ2) is 17.2. The largest absolute Gasteiger partial charge is 0.366 e. The van der Waals surface area contributed by atoms with Crippen LogP contribution < -0.4 is 5.73 Å². The van der Waals surface area contributed by atoms with E-state index < -0.39 is 0 Å². The van der Waals surface area contributed by atoms with Gasteiger partial charge in [0.05, 0.1) is 0 Å². The average Bonchev–Trinajstić information content (AvgIpc) is 2.51. The van der Waals surface area contributed by atoms with Gasteiger partial charge in [0, 0.05) is 5.56 Å². The fraction of sp³-hybridized carbons (Fsp3) is 0.500. The summed E-state index contributed by atoms with van der Waals surface area (Å²) in [5.41, 5.74) is 8.06. The number of amides is 1. The zero-order valence-corrected chi connectivity index (χ0v) is 14.4. The smallest absolute Gasteiger partial charge is 0.248 e. The predicted octanol–water partition coefficient (Wildman–Crippen LogP) is 4.74. The lowest BCUT2D eigenvalue weighted by atomic mass is 9.99. The molecule has 0 aliphatic rings. The fourth-order valence-electron chi connectivity index (χ4n) is 1.40. The number of benzene rings is 1. The molecule has 2 heteroatoms. The van der Waals surface area contributed by atoms with E-state index in [9.17, 15) is 4.79 Å². The number of hydrogen-bond acceptors (Lipinski definition) is 1. The number of carbonyl (C=O) groups excluding carboxylic acids is 1. The Morgan fingerprint density at radius 2 is 1.55 bits per heavy atom. The summed E-state index contributed by atoms with van der Waals surface area (Å²) in [4.78, 5) is 11.0. The maximum atomic E-state index is 11.0. The normalized spacial score (nSPS) is 7.20. The van der Waals surface area contributed by atoms with Gasteiger partial charge in [0.15, 0.2) is 0 Å². The first-order chi connectivity index (χ1) is 9.58. The SMILES string of the molecule is CC.CC.CC#CC.CCc1c(C)cccc1C(N)=O. The third-order valence-corrected chi connectivity index (χ3v) is 2.28. The molecule has 0 aromatic heterocycles. The maximum Gasteiger partial charge on any atom is 0.248 e. The standard InChI is InChI=1S/C10H13NO.C4H6.2C2H6/c1-3-8-7(2)5-4-6-9(8)10(11)12;1-3-4-2;2*1-2/h4-6H,3H2,1-2H3,(H2,11,12);1-2H3;2*1-2H3. The van der Waals surface area contributed by atoms with Crippen LogP contribution in [0.2, 0.25) is 0 Å². The zero-order chi connectivity index (χ0) is 16.6. The lowest BCUT2D eigenvalue weighted by Crippen LogP contribution is -2.14. The summed E-state index contributed by atoms with van der Waals surface area (Å²) in [7, 11) is 0.